The molecule has 4 N–H and O–H groups in total. The Morgan fingerprint density at radius 2 is 2.10 bits per heavy atom. The minimum atomic E-state index is -0.605. The highest BCUT2D eigenvalue weighted by Gasteiger charge is 2.13. The van der Waals surface area contributed by atoms with Crippen LogP contribution in [0.25, 0.3) is 0 Å². The van der Waals surface area contributed by atoms with E-state index in [4.69, 9.17) is 5.73 Å². The number of anilines is 1. The second-order valence-corrected chi connectivity index (χ2v) is 4.17. The van der Waals surface area contributed by atoms with Gasteiger partial charge in [0.25, 0.3) is 0 Å². The van der Waals surface area contributed by atoms with E-state index in [9.17, 15) is 14.0 Å². The van der Waals surface area contributed by atoms with Crippen LogP contribution in [0.1, 0.15) is 19.8 Å². The molecule has 0 aliphatic rings. The van der Waals surface area contributed by atoms with Gasteiger partial charge in [0, 0.05) is 5.69 Å². The summed E-state index contributed by atoms with van der Waals surface area (Å²) in [5.41, 5.74) is 5.94. The first-order valence-corrected chi connectivity index (χ1v) is 6.11. The van der Waals surface area contributed by atoms with Gasteiger partial charge in [-0.2, -0.15) is 0 Å². The van der Waals surface area contributed by atoms with Gasteiger partial charge in [-0.25, -0.2) is 4.39 Å². The molecule has 0 saturated heterocycles. The van der Waals surface area contributed by atoms with Crippen LogP contribution in [-0.4, -0.2) is 24.4 Å². The van der Waals surface area contributed by atoms with Crippen molar-refractivity contribution in [3.63, 3.8) is 0 Å². The van der Waals surface area contributed by atoms with Gasteiger partial charge in [-0.15, -0.1) is 12.4 Å². The minimum absolute atomic E-state index is 0. The predicted molar refractivity (Wildman–Crippen MR) is 78.2 cm³/mol. The van der Waals surface area contributed by atoms with Crippen molar-refractivity contribution in [2.24, 2.45) is 5.73 Å². The number of rotatable bonds is 6. The first-order valence-electron chi connectivity index (χ1n) is 6.11. The van der Waals surface area contributed by atoms with Crippen molar-refractivity contribution in [1.29, 1.82) is 0 Å². The van der Waals surface area contributed by atoms with Crippen LogP contribution in [0.3, 0.4) is 0 Å². The predicted octanol–water partition coefficient (Wildman–Crippen LogP) is 1.43. The molecule has 20 heavy (non-hydrogen) atoms. The lowest BCUT2D eigenvalue weighted by Gasteiger charge is -2.11. The lowest BCUT2D eigenvalue weighted by Crippen LogP contribution is -2.43. The molecule has 5 nitrogen and oxygen atoms in total. The van der Waals surface area contributed by atoms with Crippen LogP contribution in [0.4, 0.5) is 10.1 Å². The van der Waals surface area contributed by atoms with E-state index in [0.29, 0.717) is 12.1 Å². The summed E-state index contributed by atoms with van der Waals surface area (Å²) in [6, 6.07) is 4.92. The normalized spacial score (nSPS) is 11.2. The molecule has 7 heteroatoms. The summed E-state index contributed by atoms with van der Waals surface area (Å²) in [5.74, 6) is -1.23. The highest BCUT2D eigenvalue weighted by atomic mass is 35.5. The van der Waals surface area contributed by atoms with Crippen molar-refractivity contribution >= 4 is 29.9 Å². The number of benzene rings is 1. The maximum absolute atomic E-state index is 12.9. The highest BCUT2D eigenvalue weighted by Crippen LogP contribution is 2.08. The van der Waals surface area contributed by atoms with E-state index >= 15 is 0 Å². The molecule has 1 rings (SSSR count). The molecule has 0 aliphatic carbocycles. The van der Waals surface area contributed by atoms with Gasteiger partial charge in [0.2, 0.25) is 11.8 Å². The maximum Gasteiger partial charge on any atom is 0.243 e. The molecule has 0 heterocycles. The van der Waals surface area contributed by atoms with Crippen LogP contribution < -0.4 is 16.4 Å². The van der Waals surface area contributed by atoms with Crippen LogP contribution >= 0.6 is 12.4 Å². The van der Waals surface area contributed by atoms with Gasteiger partial charge < -0.3 is 16.4 Å². The van der Waals surface area contributed by atoms with E-state index < -0.39 is 17.8 Å². The fourth-order valence-corrected chi connectivity index (χ4v) is 1.51. The lowest BCUT2D eigenvalue weighted by molar-refractivity contribution is -0.125. The van der Waals surface area contributed by atoms with E-state index in [1.165, 1.54) is 18.2 Å². The van der Waals surface area contributed by atoms with E-state index in [0.717, 1.165) is 6.42 Å². The second-order valence-electron chi connectivity index (χ2n) is 4.17. The SMILES string of the molecule is CCCC(N)C(=O)NCC(=O)Nc1cccc(F)c1.Cl. The van der Waals surface area contributed by atoms with Gasteiger partial charge >= 0.3 is 0 Å². The third kappa shape index (κ3) is 6.49. The fourth-order valence-electron chi connectivity index (χ4n) is 1.51. The van der Waals surface area contributed by atoms with E-state index in [1.54, 1.807) is 6.07 Å². The zero-order valence-corrected chi connectivity index (χ0v) is 12.0. The highest BCUT2D eigenvalue weighted by molar-refractivity contribution is 5.95. The molecule has 0 aromatic heterocycles. The van der Waals surface area contributed by atoms with Crippen LogP contribution in [0, 0.1) is 5.82 Å². The molecule has 0 radical (unpaired) electrons. The second kappa shape index (κ2) is 9.28. The smallest absolute Gasteiger partial charge is 0.243 e. The van der Waals surface area contributed by atoms with Gasteiger partial charge in [-0.3, -0.25) is 9.59 Å². The number of nitrogens with two attached hydrogens (primary N) is 1. The Morgan fingerprint density at radius 1 is 1.40 bits per heavy atom. The minimum Gasteiger partial charge on any atom is -0.346 e. The number of amides is 2. The Balaban J connectivity index is 0.00000361. The Kier molecular flexibility index (Phi) is 8.51. The Hall–Kier alpha value is -1.66. The molecule has 0 bridgehead atoms. The summed E-state index contributed by atoms with van der Waals surface area (Å²) in [5, 5.41) is 4.91. The standard InChI is InChI=1S/C13H18FN3O2.ClH/c1-2-4-11(15)13(19)16-8-12(18)17-10-6-3-5-9(14)7-10;/h3,5-7,11H,2,4,8,15H2,1H3,(H,16,19)(H,17,18);1H. The van der Waals surface area contributed by atoms with E-state index in [-0.39, 0.29) is 24.9 Å². The van der Waals surface area contributed by atoms with Gasteiger partial charge in [0.05, 0.1) is 12.6 Å². The molecule has 0 fully saturated rings. The van der Waals surface area contributed by atoms with Crippen LogP contribution in [0.15, 0.2) is 24.3 Å². The topological polar surface area (TPSA) is 84.2 Å². The molecular weight excluding hydrogens is 285 g/mol. The third-order valence-corrected chi connectivity index (χ3v) is 2.47. The summed E-state index contributed by atoms with van der Waals surface area (Å²) in [6.45, 7) is 1.73. The molecular formula is C13H19ClFN3O2. The average Bonchev–Trinajstić information content (AvgIpc) is 2.36. The summed E-state index contributed by atoms with van der Waals surface area (Å²) < 4.78 is 12.9. The molecule has 2 amide bonds. The Morgan fingerprint density at radius 3 is 2.70 bits per heavy atom. The number of hydrogen-bond acceptors (Lipinski definition) is 3. The van der Waals surface area contributed by atoms with Crippen molar-refractivity contribution < 1.29 is 14.0 Å². The first-order chi connectivity index (χ1) is 9.02. The van der Waals surface area contributed by atoms with Gasteiger partial charge in [-0.1, -0.05) is 19.4 Å². The van der Waals surface area contributed by atoms with Crippen molar-refractivity contribution in [2.45, 2.75) is 25.8 Å². The summed E-state index contributed by atoms with van der Waals surface area (Å²) in [6.07, 6.45) is 1.36. The van der Waals surface area contributed by atoms with Crippen LogP contribution in [-0.2, 0) is 9.59 Å². The zero-order chi connectivity index (χ0) is 14.3. The molecule has 0 spiro atoms. The summed E-state index contributed by atoms with van der Waals surface area (Å²) >= 11 is 0. The molecule has 1 unspecified atom stereocenters. The summed E-state index contributed by atoms with van der Waals surface area (Å²) in [7, 11) is 0. The molecule has 1 aromatic carbocycles. The first kappa shape index (κ1) is 18.3. The quantitative estimate of drug-likeness (QED) is 0.743. The van der Waals surface area contributed by atoms with E-state index in [2.05, 4.69) is 10.6 Å². The van der Waals surface area contributed by atoms with E-state index in [1.807, 2.05) is 6.92 Å². The third-order valence-electron chi connectivity index (χ3n) is 2.47. The van der Waals surface area contributed by atoms with Gasteiger partial charge in [0.15, 0.2) is 0 Å². The number of carbonyl (C=O) groups excluding carboxylic acids is 2. The monoisotopic (exact) mass is 303 g/mol. The number of carbonyl (C=O) groups is 2. The van der Waals surface area contributed by atoms with Crippen molar-refractivity contribution in [3.8, 4) is 0 Å². The zero-order valence-electron chi connectivity index (χ0n) is 11.2. The molecule has 112 valence electrons. The number of halogens is 2. The van der Waals surface area contributed by atoms with Crippen LogP contribution in [0.2, 0.25) is 0 Å². The summed E-state index contributed by atoms with van der Waals surface area (Å²) in [4.78, 5) is 23.0. The van der Waals surface area contributed by atoms with Crippen molar-refractivity contribution in [3.05, 3.63) is 30.1 Å². The molecule has 1 aromatic rings. The Bertz CT molecular complexity index is 457. The fraction of sp³-hybridized carbons (Fsp3) is 0.385. The Labute approximate surface area is 123 Å². The maximum atomic E-state index is 12.9. The van der Waals surface area contributed by atoms with Gasteiger partial charge in [0.1, 0.15) is 5.82 Å². The molecule has 0 aliphatic heterocycles. The van der Waals surface area contributed by atoms with Crippen molar-refractivity contribution in [2.75, 3.05) is 11.9 Å². The van der Waals surface area contributed by atoms with Crippen LogP contribution in [0.5, 0.6) is 0 Å². The molecule has 0 saturated carbocycles. The van der Waals surface area contributed by atoms with Gasteiger partial charge in [-0.05, 0) is 24.6 Å². The lowest BCUT2D eigenvalue weighted by atomic mass is 10.2. The number of hydrogen-bond donors (Lipinski definition) is 3. The molecule has 1 atom stereocenters. The number of nitrogens with one attached hydrogen (secondary N) is 2. The average molecular weight is 304 g/mol. The largest absolute Gasteiger partial charge is 0.346 e. The van der Waals surface area contributed by atoms with Crippen molar-refractivity contribution in [1.82, 2.24) is 5.32 Å².